The molecule has 0 saturated carbocycles. The summed E-state index contributed by atoms with van der Waals surface area (Å²) in [6.07, 6.45) is 12.0. The Kier molecular flexibility index (Phi) is 4.19. The van der Waals surface area contributed by atoms with Gasteiger partial charge in [0.25, 0.3) is 5.91 Å². The average molecular weight is 372 g/mol. The predicted octanol–water partition coefficient (Wildman–Crippen LogP) is 2.75. The van der Waals surface area contributed by atoms with E-state index in [2.05, 4.69) is 21.6 Å². The molecule has 28 heavy (non-hydrogen) atoms. The summed E-state index contributed by atoms with van der Waals surface area (Å²) in [6.45, 7) is 3.50. The van der Waals surface area contributed by atoms with Crippen molar-refractivity contribution in [1.82, 2.24) is 19.7 Å². The van der Waals surface area contributed by atoms with Crippen LogP contribution in [0, 0.1) is 0 Å². The Morgan fingerprint density at radius 3 is 2.14 bits per heavy atom. The number of allylic oxidation sites excluding steroid dienone is 2. The first-order chi connectivity index (χ1) is 13.6. The highest BCUT2D eigenvalue weighted by Gasteiger charge is 2.39. The summed E-state index contributed by atoms with van der Waals surface area (Å²) in [6, 6.07) is 7.63. The molecule has 3 heterocycles. The van der Waals surface area contributed by atoms with E-state index in [1.54, 1.807) is 30.9 Å². The van der Waals surface area contributed by atoms with Crippen LogP contribution in [-0.4, -0.2) is 36.7 Å². The zero-order valence-corrected chi connectivity index (χ0v) is 14.8. The molecule has 0 atom stereocenters. The van der Waals surface area contributed by atoms with Gasteiger partial charge in [-0.1, -0.05) is 18.7 Å². The number of fused-ring (bicyclic) bond motifs is 1. The molecule has 0 radical (unpaired) electrons. The maximum atomic E-state index is 12.4. The average Bonchev–Trinajstić information content (AvgIpc) is 3.13. The molecular formula is C21H16N4O3. The number of pyridine rings is 2. The number of aromatic nitrogens is 4. The Balaban J connectivity index is 1.97. The van der Waals surface area contributed by atoms with Gasteiger partial charge in [0.1, 0.15) is 0 Å². The van der Waals surface area contributed by atoms with Gasteiger partial charge in [0.05, 0.1) is 5.69 Å². The normalized spacial score (nSPS) is 14.3. The second-order valence-corrected chi connectivity index (χ2v) is 6.42. The van der Waals surface area contributed by atoms with E-state index in [9.17, 15) is 14.7 Å². The molecule has 0 bridgehead atoms. The third-order valence-corrected chi connectivity index (χ3v) is 4.98. The van der Waals surface area contributed by atoms with Crippen LogP contribution in [0.3, 0.4) is 0 Å². The number of carboxylic acid groups (broad SMARTS) is 1. The number of carbonyl (C=O) groups is 2. The quantitative estimate of drug-likeness (QED) is 0.707. The van der Waals surface area contributed by atoms with Gasteiger partial charge in [-0.2, -0.15) is 9.78 Å². The lowest BCUT2D eigenvalue weighted by molar-refractivity contribution is 0.0689. The number of aromatic carboxylic acids is 1. The number of carbonyl (C=O) groups excluding carboxylic acids is 1. The number of nitrogens with zero attached hydrogens (tertiary/aromatic N) is 4. The molecule has 3 aromatic heterocycles. The number of rotatable bonds is 4. The zero-order chi connectivity index (χ0) is 19.7. The Labute approximate surface area is 160 Å². The van der Waals surface area contributed by atoms with Crippen molar-refractivity contribution >= 4 is 18.0 Å². The minimum absolute atomic E-state index is 0.153. The van der Waals surface area contributed by atoms with Gasteiger partial charge in [-0.05, 0) is 41.5 Å². The second kappa shape index (κ2) is 6.70. The molecule has 0 saturated heterocycles. The van der Waals surface area contributed by atoms with Crippen LogP contribution in [0.25, 0.3) is 6.08 Å². The standard InChI is InChI=1S/C21H16N4O3/c1-2-18(26)25-17-13-21(14-4-9-22-10-5-14,15-6-11-23-12-7-15)8-3-16(17)19(24-25)20(27)28/h2-12H,1,13H2,(H,27,28). The van der Waals surface area contributed by atoms with Crippen LogP contribution in [-0.2, 0) is 11.8 Å². The summed E-state index contributed by atoms with van der Waals surface area (Å²) in [5.41, 5.74) is 2.12. The molecule has 0 aromatic carbocycles. The Hall–Kier alpha value is -3.87. The van der Waals surface area contributed by atoms with Crippen LogP contribution < -0.4 is 0 Å². The van der Waals surface area contributed by atoms with Gasteiger partial charge in [0.2, 0.25) is 0 Å². The van der Waals surface area contributed by atoms with Crippen LogP contribution in [0.4, 0.5) is 0 Å². The minimum Gasteiger partial charge on any atom is -0.476 e. The fourth-order valence-electron chi connectivity index (χ4n) is 3.65. The van der Waals surface area contributed by atoms with Crippen molar-refractivity contribution in [2.75, 3.05) is 0 Å². The maximum Gasteiger partial charge on any atom is 0.357 e. The van der Waals surface area contributed by atoms with Gasteiger partial charge in [0.15, 0.2) is 5.69 Å². The molecule has 0 unspecified atom stereocenters. The molecular weight excluding hydrogens is 356 g/mol. The molecule has 4 rings (SSSR count). The predicted molar refractivity (Wildman–Crippen MR) is 102 cm³/mol. The first kappa shape index (κ1) is 17.5. The molecule has 0 spiro atoms. The van der Waals surface area contributed by atoms with Crippen molar-refractivity contribution in [3.8, 4) is 0 Å². The van der Waals surface area contributed by atoms with Crippen molar-refractivity contribution in [3.05, 3.63) is 95.9 Å². The van der Waals surface area contributed by atoms with E-state index in [0.29, 0.717) is 17.7 Å². The largest absolute Gasteiger partial charge is 0.476 e. The van der Waals surface area contributed by atoms with E-state index in [0.717, 1.165) is 21.9 Å². The van der Waals surface area contributed by atoms with Gasteiger partial charge >= 0.3 is 5.97 Å². The second-order valence-electron chi connectivity index (χ2n) is 6.42. The zero-order valence-electron chi connectivity index (χ0n) is 14.8. The molecule has 7 heteroatoms. The van der Waals surface area contributed by atoms with E-state index in [1.807, 2.05) is 30.3 Å². The van der Waals surface area contributed by atoms with Crippen LogP contribution in [0.5, 0.6) is 0 Å². The third-order valence-electron chi connectivity index (χ3n) is 4.98. The van der Waals surface area contributed by atoms with Crippen molar-refractivity contribution in [2.24, 2.45) is 0 Å². The maximum absolute atomic E-state index is 12.4. The minimum atomic E-state index is -1.18. The molecule has 0 fully saturated rings. The smallest absolute Gasteiger partial charge is 0.357 e. The van der Waals surface area contributed by atoms with Gasteiger partial charge in [0, 0.05) is 42.2 Å². The molecule has 0 aliphatic heterocycles. The van der Waals surface area contributed by atoms with E-state index in [4.69, 9.17) is 0 Å². The van der Waals surface area contributed by atoms with Crippen LogP contribution in [0.1, 0.15) is 37.7 Å². The summed E-state index contributed by atoms with van der Waals surface area (Å²) in [5.74, 6) is -1.66. The summed E-state index contributed by atoms with van der Waals surface area (Å²) in [4.78, 5) is 32.2. The van der Waals surface area contributed by atoms with E-state index in [1.165, 1.54) is 0 Å². The Morgan fingerprint density at radius 2 is 1.64 bits per heavy atom. The lowest BCUT2D eigenvalue weighted by Crippen LogP contribution is -2.32. The topological polar surface area (TPSA) is 98.0 Å². The monoisotopic (exact) mass is 372 g/mol. The van der Waals surface area contributed by atoms with Crippen molar-refractivity contribution < 1.29 is 14.7 Å². The van der Waals surface area contributed by atoms with E-state index in [-0.39, 0.29) is 5.69 Å². The molecule has 1 aliphatic rings. The van der Waals surface area contributed by atoms with E-state index >= 15 is 0 Å². The van der Waals surface area contributed by atoms with Crippen LogP contribution >= 0.6 is 0 Å². The van der Waals surface area contributed by atoms with Gasteiger partial charge in [-0.15, -0.1) is 0 Å². The lowest BCUT2D eigenvalue weighted by Gasteiger charge is -2.34. The summed E-state index contributed by atoms with van der Waals surface area (Å²) >= 11 is 0. The molecule has 1 N–H and O–H groups in total. The first-order valence-corrected chi connectivity index (χ1v) is 8.59. The van der Waals surface area contributed by atoms with Crippen LogP contribution in [0.15, 0.2) is 67.8 Å². The fourth-order valence-corrected chi connectivity index (χ4v) is 3.65. The number of hydrogen-bond acceptors (Lipinski definition) is 5. The van der Waals surface area contributed by atoms with E-state index < -0.39 is 17.3 Å². The molecule has 0 amide bonds. The molecule has 3 aromatic rings. The van der Waals surface area contributed by atoms with Crippen molar-refractivity contribution in [3.63, 3.8) is 0 Å². The van der Waals surface area contributed by atoms with Gasteiger partial charge in [-0.3, -0.25) is 14.8 Å². The summed E-state index contributed by atoms with van der Waals surface area (Å²) in [5, 5.41) is 13.5. The molecule has 138 valence electrons. The third kappa shape index (κ3) is 2.64. The first-order valence-electron chi connectivity index (χ1n) is 8.59. The van der Waals surface area contributed by atoms with Gasteiger partial charge < -0.3 is 5.11 Å². The fraction of sp³-hybridized carbons (Fsp3) is 0.0952. The highest BCUT2D eigenvalue weighted by molar-refractivity contribution is 5.95. The van der Waals surface area contributed by atoms with Crippen molar-refractivity contribution in [2.45, 2.75) is 11.8 Å². The SMILES string of the molecule is C=CC(=O)n1nc(C(=O)O)c2c1CC(c1ccncc1)(c1ccncc1)C=C2. The molecule has 7 nitrogen and oxygen atoms in total. The number of hydrogen-bond donors (Lipinski definition) is 1. The van der Waals surface area contributed by atoms with Crippen LogP contribution in [0.2, 0.25) is 0 Å². The summed E-state index contributed by atoms with van der Waals surface area (Å²) in [7, 11) is 0. The molecule has 1 aliphatic carbocycles. The Bertz CT molecular complexity index is 1060. The van der Waals surface area contributed by atoms with Crippen molar-refractivity contribution in [1.29, 1.82) is 0 Å². The Morgan fingerprint density at radius 1 is 1.07 bits per heavy atom. The highest BCUT2D eigenvalue weighted by atomic mass is 16.4. The van der Waals surface area contributed by atoms with Gasteiger partial charge in [-0.25, -0.2) is 4.79 Å². The summed E-state index contributed by atoms with van der Waals surface area (Å²) < 4.78 is 1.13. The lowest BCUT2D eigenvalue weighted by atomic mass is 9.69. The highest BCUT2D eigenvalue weighted by Crippen LogP contribution is 2.42. The number of carboxylic acids is 1.